The van der Waals surface area contributed by atoms with Gasteiger partial charge in [-0.25, -0.2) is 0 Å². The molecule has 31 heavy (non-hydrogen) atoms. The molecule has 0 radical (unpaired) electrons. The van der Waals surface area contributed by atoms with Crippen molar-refractivity contribution in [2.45, 2.75) is 65.6 Å². The lowest BCUT2D eigenvalue weighted by atomic mass is 9.85. The summed E-state index contributed by atoms with van der Waals surface area (Å²) in [4.78, 5) is 51.2. The van der Waals surface area contributed by atoms with Crippen LogP contribution in [-0.4, -0.2) is 60.2 Å². The summed E-state index contributed by atoms with van der Waals surface area (Å²) in [5.41, 5.74) is -0.589. The molecule has 2 aliphatic heterocycles. The highest BCUT2D eigenvalue weighted by molar-refractivity contribution is 5.93. The number of nitrogens with one attached hydrogen (secondary N) is 3. The first kappa shape index (κ1) is 23.0. The summed E-state index contributed by atoms with van der Waals surface area (Å²) in [6, 6.07) is -0.160. The van der Waals surface area contributed by atoms with Crippen LogP contribution in [0.5, 0.6) is 0 Å². The minimum Gasteiger partial charge on any atom is -0.356 e. The van der Waals surface area contributed by atoms with E-state index < -0.39 is 23.5 Å². The summed E-state index contributed by atoms with van der Waals surface area (Å²) < 4.78 is 0. The second-order valence-corrected chi connectivity index (χ2v) is 10.7. The molecule has 1 saturated carbocycles. The maximum atomic E-state index is 13.4. The van der Waals surface area contributed by atoms with Crippen LogP contribution in [0.4, 0.5) is 0 Å². The van der Waals surface area contributed by atoms with Gasteiger partial charge in [0.05, 0.1) is 6.07 Å². The minimum atomic E-state index is -0.800. The number of rotatable bonds is 7. The summed E-state index contributed by atoms with van der Waals surface area (Å²) in [5, 5.41) is 17.7. The lowest BCUT2D eigenvalue weighted by Crippen LogP contribution is -2.58. The molecule has 3 rings (SSSR count). The molecule has 170 valence electrons. The number of piperidine rings is 1. The van der Waals surface area contributed by atoms with Gasteiger partial charge in [-0.2, -0.15) is 5.26 Å². The number of fused-ring (bicyclic) bond motifs is 1. The number of amides is 4. The van der Waals surface area contributed by atoms with E-state index in [1.54, 1.807) is 4.90 Å². The number of carbonyl (C=O) groups is 4. The van der Waals surface area contributed by atoms with Gasteiger partial charge in [0.1, 0.15) is 18.1 Å². The van der Waals surface area contributed by atoms with Crippen LogP contribution in [0, 0.1) is 39.9 Å². The van der Waals surface area contributed by atoms with E-state index in [0.29, 0.717) is 25.9 Å². The van der Waals surface area contributed by atoms with Crippen LogP contribution < -0.4 is 16.0 Å². The predicted molar refractivity (Wildman–Crippen MR) is 112 cm³/mol. The molecule has 2 saturated heterocycles. The largest absolute Gasteiger partial charge is 0.356 e. The van der Waals surface area contributed by atoms with Crippen molar-refractivity contribution in [3.63, 3.8) is 0 Å². The fourth-order valence-electron chi connectivity index (χ4n) is 5.29. The second-order valence-electron chi connectivity index (χ2n) is 10.7. The summed E-state index contributed by atoms with van der Waals surface area (Å²) in [6.45, 7) is 10.8. The second kappa shape index (κ2) is 8.13. The van der Waals surface area contributed by atoms with E-state index in [1.807, 2.05) is 20.8 Å². The molecule has 9 heteroatoms. The van der Waals surface area contributed by atoms with Crippen LogP contribution in [0.1, 0.15) is 47.5 Å². The van der Waals surface area contributed by atoms with Crippen molar-refractivity contribution in [1.29, 1.82) is 5.26 Å². The highest BCUT2D eigenvalue weighted by atomic mass is 16.2. The fraction of sp³-hybridized carbons (Fsp3) is 0.773. The number of carbonyl (C=O) groups excluding carboxylic acids is 4. The third kappa shape index (κ3) is 4.25. The first-order valence-electron chi connectivity index (χ1n) is 10.9. The fourth-order valence-corrected chi connectivity index (χ4v) is 5.29. The Hall–Kier alpha value is -2.63. The van der Waals surface area contributed by atoms with Gasteiger partial charge in [0.25, 0.3) is 0 Å². The summed E-state index contributed by atoms with van der Waals surface area (Å²) in [7, 11) is 0. The van der Waals surface area contributed by atoms with E-state index in [2.05, 4.69) is 35.9 Å². The Morgan fingerprint density at radius 1 is 1.39 bits per heavy atom. The van der Waals surface area contributed by atoms with Crippen LogP contribution >= 0.6 is 0 Å². The predicted octanol–water partition coefficient (Wildman–Crippen LogP) is 0.165. The molecule has 0 aromatic carbocycles. The molecule has 3 fully saturated rings. The van der Waals surface area contributed by atoms with Crippen LogP contribution in [0.3, 0.4) is 0 Å². The van der Waals surface area contributed by atoms with Crippen molar-refractivity contribution >= 4 is 24.1 Å². The van der Waals surface area contributed by atoms with Crippen LogP contribution in [0.2, 0.25) is 0 Å². The highest BCUT2D eigenvalue weighted by Crippen LogP contribution is 2.65. The Balaban J connectivity index is 1.77. The van der Waals surface area contributed by atoms with Gasteiger partial charge < -0.3 is 20.9 Å². The lowest BCUT2D eigenvalue weighted by Gasteiger charge is -2.37. The molecule has 0 aromatic rings. The Labute approximate surface area is 183 Å². The Kier molecular flexibility index (Phi) is 6.05. The van der Waals surface area contributed by atoms with Gasteiger partial charge in [-0.3, -0.25) is 19.2 Å². The van der Waals surface area contributed by atoms with Crippen LogP contribution in [0.15, 0.2) is 0 Å². The SMILES string of the molecule is CC(C)(C)[C@H](NC=O)C(=O)N1C[C@H]2[C@@H]([C@H]1C(=O)N[C@H](C#N)C[C@@H]1CCNC1=O)C2(C)C. The molecule has 0 aromatic heterocycles. The number of hydrogen-bond acceptors (Lipinski definition) is 5. The molecule has 0 spiro atoms. The molecule has 9 nitrogen and oxygen atoms in total. The topological polar surface area (TPSA) is 131 Å². The molecule has 3 aliphatic rings. The zero-order valence-electron chi connectivity index (χ0n) is 18.9. The van der Waals surface area contributed by atoms with Gasteiger partial charge in [0, 0.05) is 19.0 Å². The smallest absolute Gasteiger partial charge is 0.246 e. The molecule has 3 N–H and O–H groups in total. The summed E-state index contributed by atoms with van der Waals surface area (Å²) in [5.74, 6) is -0.837. The van der Waals surface area contributed by atoms with Gasteiger partial charge in [-0.05, 0) is 35.5 Å². The van der Waals surface area contributed by atoms with Crippen molar-refractivity contribution < 1.29 is 19.2 Å². The summed E-state index contributed by atoms with van der Waals surface area (Å²) >= 11 is 0. The zero-order chi connectivity index (χ0) is 23.1. The number of nitriles is 1. The third-order valence-electron chi connectivity index (χ3n) is 7.26. The van der Waals surface area contributed by atoms with Crippen molar-refractivity contribution in [2.24, 2.45) is 28.6 Å². The van der Waals surface area contributed by atoms with E-state index >= 15 is 0 Å². The minimum absolute atomic E-state index is 0.00224. The lowest BCUT2D eigenvalue weighted by molar-refractivity contribution is -0.144. The molecular weight excluding hydrogens is 398 g/mol. The Morgan fingerprint density at radius 2 is 2.06 bits per heavy atom. The number of nitrogens with zero attached hydrogens (tertiary/aromatic N) is 2. The maximum absolute atomic E-state index is 13.4. The molecule has 6 atom stereocenters. The molecular formula is C22H33N5O4. The van der Waals surface area contributed by atoms with E-state index in [9.17, 15) is 24.4 Å². The van der Waals surface area contributed by atoms with E-state index in [4.69, 9.17) is 0 Å². The summed E-state index contributed by atoms with van der Waals surface area (Å²) in [6.07, 6.45) is 1.41. The molecule has 1 aliphatic carbocycles. The number of hydrogen-bond donors (Lipinski definition) is 3. The van der Waals surface area contributed by atoms with Crippen LogP contribution in [0.25, 0.3) is 0 Å². The van der Waals surface area contributed by atoms with Gasteiger partial charge in [0.2, 0.25) is 24.1 Å². The van der Waals surface area contributed by atoms with Crippen molar-refractivity contribution in [3.8, 4) is 6.07 Å². The Morgan fingerprint density at radius 3 is 2.58 bits per heavy atom. The Bertz CT molecular complexity index is 812. The van der Waals surface area contributed by atoms with Gasteiger partial charge in [-0.1, -0.05) is 34.6 Å². The number of likely N-dealkylation sites (tertiary alicyclic amines) is 1. The van der Waals surface area contributed by atoms with Gasteiger partial charge >= 0.3 is 0 Å². The van der Waals surface area contributed by atoms with E-state index in [-0.39, 0.29) is 47.3 Å². The van der Waals surface area contributed by atoms with Crippen molar-refractivity contribution in [1.82, 2.24) is 20.9 Å². The molecule has 0 unspecified atom stereocenters. The standard InChI is InChI=1S/C22H33N5O4/c1-21(2,3)17(25-11-28)20(31)27-10-14-15(22(14,4)5)16(27)19(30)26-13(9-23)8-12-6-7-24-18(12)29/h11-17H,6-8,10H2,1-5H3,(H,24,29)(H,25,28)(H,26,30)/t12-,13-,14-,15-,16-,17+/m0/s1. The highest BCUT2D eigenvalue weighted by Gasteiger charge is 2.69. The average Bonchev–Trinajstić information content (AvgIpc) is 3.05. The average molecular weight is 432 g/mol. The quantitative estimate of drug-likeness (QED) is 0.494. The van der Waals surface area contributed by atoms with Gasteiger partial charge in [-0.15, -0.1) is 0 Å². The maximum Gasteiger partial charge on any atom is 0.246 e. The van der Waals surface area contributed by atoms with Crippen molar-refractivity contribution in [2.75, 3.05) is 13.1 Å². The molecule has 0 bridgehead atoms. The van der Waals surface area contributed by atoms with E-state index in [1.165, 1.54) is 0 Å². The first-order chi connectivity index (χ1) is 14.4. The third-order valence-corrected chi connectivity index (χ3v) is 7.26. The zero-order valence-corrected chi connectivity index (χ0v) is 18.9. The normalized spacial score (nSPS) is 30.5. The molecule has 4 amide bonds. The van der Waals surface area contributed by atoms with E-state index in [0.717, 1.165) is 0 Å². The monoisotopic (exact) mass is 431 g/mol. The van der Waals surface area contributed by atoms with Gasteiger partial charge in [0.15, 0.2) is 0 Å². The van der Waals surface area contributed by atoms with Crippen LogP contribution in [-0.2, 0) is 19.2 Å². The van der Waals surface area contributed by atoms with Crippen molar-refractivity contribution in [3.05, 3.63) is 0 Å². The molecule has 2 heterocycles. The first-order valence-corrected chi connectivity index (χ1v) is 10.9.